The minimum atomic E-state index is -3.11. The van der Waals surface area contributed by atoms with Gasteiger partial charge in [-0.15, -0.1) is 0 Å². The van der Waals surface area contributed by atoms with Crippen molar-refractivity contribution in [3.63, 3.8) is 0 Å². The van der Waals surface area contributed by atoms with Gasteiger partial charge in [-0.3, -0.25) is 0 Å². The number of ether oxygens (including phenoxy) is 1. The van der Waals surface area contributed by atoms with Gasteiger partial charge in [0, 0.05) is 11.3 Å². The van der Waals surface area contributed by atoms with Gasteiger partial charge in [-0.05, 0) is 35.6 Å². The van der Waals surface area contributed by atoms with Crippen molar-refractivity contribution in [2.75, 3.05) is 6.61 Å². The molecule has 1 amide bonds. The average Bonchev–Trinajstić information content (AvgIpc) is 2.98. The highest BCUT2D eigenvalue weighted by atomic mass is 19.3. The number of nitrogens with one attached hydrogen (secondary N) is 1. The lowest BCUT2D eigenvalue weighted by Gasteiger charge is -2.33. The zero-order valence-electron chi connectivity index (χ0n) is 17.1. The summed E-state index contributed by atoms with van der Waals surface area (Å²) in [5, 5.41) is 11.6. The molecule has 3 rings (SSSR count). The number of rotatable bonds is 7. The Bertz CT molecular complexity index is 907. The summed E-state index contributed by atoms with van der Waals surface area (Å²) in [5.74, 6) is -4.67. The third kappa shape index (κ3) is 4.30. The Morgan fingerprint density at radius 1 is 1.03 bits per heavy atom. The Morgan fingerprint density at radius 3 is 2.00 bits per heavy atom. The summed E-state index contributed by atoms with van der Waals surface area (Å²) in [4.78, 5) is 23.8. The smallest absolute Gasteiger partial charge is 0.407 e. The van der Waals surface area contributed by atoms with Gasteiger partial charge in [0.15, 0.2) is 0 Å². The fraction of sp³-hybridized carbons (Fsp3) is 0.391. The number of carboxylic acids is 1. The standard InChI is InChI=1S/C23H25F2NO4/c1-22(2,23(3,24)25)12-19(20(27)28)26-21(29)30-13-18-16-10-6-4-8-14(16)15-9-5-7-11-17(15)18/h4-11,18-19H,12-13H2,1-3H3,(H,26,29)(H,27,28). The predicted octanol–water partition coefficient (Wildman–Crippen LogP) is 5.05. The molecule has 1 aliphatic carbocycles. The van der Waals surface area contributed by atoms with Crippen LogP contribution in [0.2, 0.25) is 0 Å². The molecule has 2 N–H and O–H groups in total. The molecular weight excluding hydrogens is 392 g/mol. The number of carboxylic acid groups (broad SMARTS) is 1. The van der Waals surface area contributed by atoms with Crippen molar-refractivity contribution >= 4 is 12.1 Å². The second kappa shape index (κ2) is 8.05. The first-order valence-electron chi connectivity index (χ1n) is 9.73. The van der Waals surface area contributed by atoms with Crippen LogP contribution in [0.15, 0.2) is 48.5 Å². The van der Waals surface area contributed by atoms with E-state index in [1.165, 1.54) is 13.8 Å². The highest BCUT2D eigenvalue weighted by molar-refractivity contribution is 5.81. The maximum absolute atomic E-state index is 13.8. The molecule has 0 bridgehead atoms. The fourth-order valence-electron chi connectivity index (χ4n) is 3.67. The van der Waals surface area contributed by atoms with E-state index in [9.17, 15) is 23.5 Å². The van der Waals surface area contributed by atoms with Gasteiger partial charge in [-0.2, -0.15) is 0 Å². The van der Waals surface area contributed by atoms with Crippen LogP contribution in [0.25, 0.3) is 11.1 Å². The summed E-state index contributed by atoms with van der Waals surface area (Å²) in [5.41, 5.74) is 2.56. The first-order valence-corrected chi connectivity index (χ1v) is 9.73. The Balaban J connectivity index is 1.69. The molecule has 0 saturated carbocycles. The van der Waals surface area contributed by atoms with Crippen LogP contribution in [0.5, 0.6) is 0 Å². The lowest BCUT2D eigenvalue weighted by Crippen LogP contribution is -2.47. The molecule has 0 spiro atoms. The Labute approximate surface area is 174 Å². The van der Waals surface area contributed by atoms with Crippen molar-refractivity contribution in [2.24, 2.45) is 5.41 Å². The second-order valence-corrected chi connectivity index (χ2v) is 8.34. The largest absolute Gasteiger partial charge is 0.480 e. The number of carbonyl (C=O) groups excluding carboxylic acids is 1. The normalized spacial score (nSPS) is 14.6. The van der Waals surface area contributed by atoms with Gasteiger partial charge in [0.1, 0.15) is 12.6 Å². The number of fused-ring (bicyclic) bond motifs is 3. The molecular formula is C23H25F2NO4. The van der Waals surface area contributed by atoms with Crippen molar-refractivity contribution in [3.8, 4) is 11.1 Å². The quantitative estimate of drug-likeness (QED) is 0.661. The van der Waals surface area contributed by atoms with Gasteiger partial charge in [0.25, 0.3) is 0 Å². The van der Waals surface area contributed by atoms with Crippen LogP contribution >= 0.6 is 0 Å². The second-order valence-electron chi connectivity index (χ2n) is 8.34. The summed E-state index contributed by atoms with van der Waals surface area (Å²) in [6, 6.07) is 14.1. The molecule has 0 aliphatic heterocycles. The number of amides is 1. The molecule has 7 heteroatoms. The first-order chi connectivity index (χ1) is 14.0. The molecule has 30 heavy (non-hydrogen) atoms. The molecule has 1 aliphatic rings. The summed E-state index contributed by atoms with van der Waals surface area (Å²) >= 11 is 0. The van der Waals surface area contributed by atoms with E-state index in [4.69, 9.17) is 4.74 Å². The van der Waals surface area contributed by atoms with E-state index in [2.05, 4.69) is 5.32 Å². The minimum Gasteiger partial charge on any atom is -0.480 e. The minimum absolute atomic E-state index is 0.0134. The third-order valence-corrected chi connectivity index (χ3v) is 5.84. The van der Waals surface area contributed by atoms with Gasteiger partial charge < -0.3 is 15.2 Å². The Kier molecular flexibility index (Phi) is 5.83. The third-order valence-electron chi connectivity index (χ3n) is 5.84. The maximum atomic E-state index is 13.8. The Morgan fingerprint density at radius 2 is 1.53 bits per heavy atom. The summed E-state index contributed by atoms with van der Waals surface area (Å²) in [6.45, 7) is 3.28. The van der Waals surface area contributed by atoms with E-state index in [1.807, 2.05) is 48.5 Å². The average molecular weight is 417 g/mol. The van der Waals surface area contributed by atoms with Crippen LogP contribution in [0, 0.1) is 5.41 Å². The molecule has 0 aromatic heterocycles. The van der Waals surface area contributed by atoms with E-state index in [0.29, 0.717) is 0 Å². The van der Waals surface area contributed by atoms with Crippen molar-refractivity contribution in [2.45, 2.75) is 45.1 Å². The van der Waals surface area contributed by atoms with E-state index >= 15 is 0 Å². The maximum Gasteiger partial charge on any atom is 0.407 e. The summed E-state index contributed by atoms with van der Waals surface area (Å²) < 4.78 is 32.8. The zero-order valence-corrected chi connectivity index (χ0v) is 17.1. The van der Waals surface area contributed by atoms with E-state index in [-0.39, 0.29) is 12.5 Å². The van der Waals surface area contributed by atoms with Crippen LogP contribution in [0.1, 0.15) is 44.2 Å². The number of halogens is 2. The number of alkyl halides is 2. The van der Waals surface area contributed by atoms with Gasteiger partial charge in [0.2, 0.25) is 5.92 Å². The highest BCUT2D eigenvalue weighted by Gasteiger charge is 2.45. The van der Waals surface area contributed by atoms with E-state index < -0.39 is 35.9 Å². The molecule has 0 radical (unpaired) electrons. The molecule has 2 aromatic carbocycles. The van der Waals surface area contributed by atoms with Crippen LogP contribution in [-0.2, 0) is 9.53 Å². The SMILES string of the molecule is CC(F)(F)C(C)(C)CC(NC(=O)OCC1c2ccccc2-c2ccccc21)C(=O)O. The molecule has 1 atom stereocenters. The van der Waals surface area contributed by atoms with Crippen LogP contribution in [-0.4, -0.2) is 35.7 Å². The molecule has 1 unspecified atom stereocenters. The molecule has 2 aromatic rings. The number of hydrogen-bond acceptors (Lipinski definition) is 3. The molecule has 0 saturated heterocycles. The van der Waals surface area contributed by atoms with E-state index in [0.717, 1.165) is 29.2 Å². The predicted molar refractivity (Wildman–Crippen MR) is 109 cm³/mol. The number of alkyl carbamates (subject to hydrolysis) is 1. The number of aliphatic carboxylic acids is 1. The summed E-state index contributed by atoms with van der Waals surface area (Å²) in [7, 11) is 0. The van der Waals surface area contributed by atoms with Crippen molar-refractivity contribution in [1.82, 2.24) is 5.32 Å². The number of hydrogen-bond donors (Lipinski definition) is 2. The van der Waals surface area contributed by atoms with Crippen LogP contribution < -0.4 is 5.32 Å². The van der Waals surface area contributed by atoms with E-state index in [1.54, 1.807) is 0 Å². The van der Waals surface area contributed by atoms with Crippen molar-refractivity contribution in [1.29, 1.82) is 0 Å². The molecule has 160 valence electrons. The van der Waals surface area contributed by atoms with Gasteiger partial charge in [-0.1, -0.05) is 62.4 Å². The van der Waals surface area contributed by atoms with Crippen LogP contribution in [0.4, 0.5) is 13.6 Å². The summed E-state index contributed by atoms with van der Waals surface area (Å²) in [6.07, 6.45) is -1.38. The fourth-order valence-corrected chi connectivity index (χ4v) is 3.67. The highest BCUT2D eigenvalue weighted by Crippen LogP contribution is 2.44. The monoisotopic (exact) mass is 417 g/mol. The topological polar surface area (TPSA) is 75.6 Å². The van der Waals surface area contributed by atoms with Crippen molar-refractivity contribution < 1.29 is 28.2 Å². The van der Waals surface area contributed by atoms with Gasteiger partial charge in [0.05, 0.1) is 0 Å². The number of carbonyl (C=O) groups is 2. The van der Waals surface area contributed by atoms with Gasteiger partial charge in [-0.25, -0.2) is 18.4 Å². The van der Waals surface area contributed by atoms with Crippen LogP contribution in [0.3, 0.4) is 0 Å². The zero-order chi connectivity index (χ0) is 22.1. The van der Waals surface area contributed by atoms with Gasteiger partial charge >= 0.3 is 12.1 Å². The van der Waals surface area contributed by atoms with Crippen molar-refractivity contribution in [3.05, 3.63) is 59.7 Å². The first kappa shape index (κ1) is 21.7. The molecule has 5 nitrogen and oxygen atoms in total. The number of benzene rings is 2. The lowest BCUT2D eigenvalue weighted by atomic mass is 9.80. The Hall–Kier alpha value is -2.96. The molecule has 0 fully saturated rings. The molecule has 0 heterocycles. The lowest BCUT2D eigenvalue weighted by molar-refractivity contribution is -0.143.